The smallest absolute Gasteiger partial charge is 0.237 e. The maximum atomic E-state index is 8.63. The maximum absolute atomic E-state index is 8.63. The Kier molecular flexibility index (Phi) is 3.95. The van der Waals surface area contributed by atoms with Gasteiger partial charge in [-0.15, -0.1) is 0 Å². The van der Waals surface area contributed by atoms with Crippen molar-refractivity contribution in [1.29, 1.82) is 10.5 Å². The average molecular weight is 297 g/mol. The summed E-state index contributed by atoms with van der Waals surface area (Å²) in [6, 6.07) is 21.0. The van der Waals surface area contributed by atoms with E-state index in [1.165, 1.54) is 0 Å². The van der Waals surface area contributed by atoms with Gasteiger partial charge in [0, 0.05) is 17.1 Å². The van der Waals surface area contributed by atoms with Crippen LogP contribution in [0.15, 0.2) is 65.9 Å². The quantitative estimate of drug-likeness (QED) is 0.589. The zero-order valence-electron chi connectivity index (χ0n) is 12.1. The Morgan fingerprint density at radius 1 is 0.957 bits per heavy atom. The molecule has 0 radical (unpaired) electrons. The number of benzene rings is 2. The van der Waals surface area contributed by atoms with Crippen molar-refractivity contribution in [3.63, 3.8) is 0 Å². The number of hydrogen-bond acceptors (Lipinski definition) is 5. The topological polar surface area (TPSA) is 84.9 Å². The summed E-state index contributed by atoms with van der Waals surface area (Å²) in [5.41, 5.74) is 6.18. The third kappa shape index (κ3) is 3.15. The fourth-order valence-electron chi connectivity index (χ4n) is 2.16. The molecular weight excluding hydrogens is 286 g/mol. The van der Waals surface area contributed by atoms with Crippen molar-refractivity contribution >= 4 is 22.3 Å². The highest BCUT2D eigenvalue weighted by atomic mass is 15.3. The Hall–Kier alpha value is -3.70. The van der Waals surface area contributed by atoms with Crippen LogP contribution in [-0.2, 0) is 0 Å². The van der Waals surface area contributed by atoms with Gasteiger partial charge in [-0.05, 0) is 29.8 Å². The second kappa shape index (κ2) is 6.38. The van der Waals surface area contributed by atoms with E-state index < -0.39 is 0 Å². The SMILES string of the molecule is N#CC(C#N)=NNc1ccc(-c2cnc3ccccc3c2)cc1. The predicted octanol–water partition coefficient (Wildman–Crippen LogP) is 3.72. The Balaban J connectivity index is 1.85. The van der Waals surface area contributed by atoms with Gasteiger partial charge in [0.2, 0.25) is 5.71 Å². The molecule has 3 rings (SSSR count). The first-order valence-corrected chi connectivity index (χ1v) is 6.89. The monoisotopic (exact) mass is 297 g/mol. The van der Waals surface area contributed by atoms with Gasteiger partial charge in [0.25, 0.3) is 0 Å². The molecule has 5 heteroatoms. The summed E-state index contributed by atoms with van der Waals surface area (Å²) >= 11 is 0. The van der Waals surface area contributed by atoms with Crippen LogP contribution in [0.3, 0.4) is 0 Å². The molecule has 5 nitrogen and oxygen atoms in total. The minimum absolute atomic E-state index is 0.215. The minimum Gasteiger partial charge on any atom is -0.277 e. The first kappa shape index (κ1) is 14.2. The molecule has 0 amide bonds. The van der Waals surface area contributed by atoms with Crippen molar-refractivity contribution < 1.29 is 0 Å². The van der Waals surface area contributed by atoms with Crippen molar-refractivity contribution in [2.24, 2.45) is 5.10 Å². The number of nitrogens with zero attached hydrogens (tertiary/aromatic N) is 4. The van der Waals surface area contributed by atoms with E-state index in [4.69, 9.17) is 10.5 Å². The lowest BCUT2D eigenvalue weighted by Gasteiger charge is -2.05. The van der Waals surface area contributed by atoms with Crippen LogP contribution in [0.25, 0.3) is 22.0 Å². The van der Waals surface area contributed by atoms with Crippen LogP contribution in [0.2, 0.25) is 0 Å². The summed E-state index contributed by atoms with van der Waals surface area (Å²) in [6.07, 6.45) is 1.84. The van der Waals surface area contributed by atoms with E-state index in [-0.39, 0.29) is 5.71 Å². The largest absolute Gasteiger partial charge is 0.277 e. The van der Waals surface area contributed by atoms with Crippen molar-refractivity contribution in [1.82, 2.24) is 4.98 Å². The van der Waals surface area contributed by atoms with E-state index in [1.807, 2.05) is 54.7 Å². The van der Waals surface area contributed by atoms with E-state index in [0.29, 0.717) is 5.69 Å². The molecule has 0 aliphatic rings. The Morgan fingerprint density at radius 3 is 2.43 bits per heavy atom. The van der Waals surface area contributed by atoms with Gasteiger partial charge >= 0.3 is 0 Å². The average Bonchev–Trinajstić information content (AvgIpc) is 2.63. The molecule has 1 heterocycles. The van der Waals surface area contributed by atoms with Crippen molar-refractivity contribution in [3.8, 4) is 23.3 Å². The van der Waals surface area contributed by atoms with Gasteiger partial charge in [-0.1, -0.05) is 30.3 Å². The molecule has 1 aromatic heterocycles. The van der Waals surface area contributed by atoms with E-state index in [1.54, 1.807) is 12.1 Å². The highest BCUT2D eigenvalue weighted by Crippen LogP contribution is 2.24. The number of para-hydroxylation sites is 1. The molecule has 2 aromatic carbocycles. The van der Waals surface area contributed by atoms with E-state index in [2.05, 4.69) is 21.6 Å². The molecule has 0 fully saturated rings. The van der Waals surface area contributed by atoms with Crippen LogP contribution in [-0.4, -0.2) is 10.7 Å². The molecule has 0 unspecified atom stereocenters. The molecule has 0 saturated heterocycles. The normalized spacial score (nSPS) is 9.65. The number of hydrazone groups is 1. The second-order valence-electron chi connectivity index (χ2n) is 4.79. The highest BCUT2D eigenvalue weighted by molar-refractivity contribution is 6.10. The number of fused-ring (bicyclic) bond motifs is 1. The van der Waals surface area contributed by atoms with Crippen LogP contribution in [0.5, 0.6) is 0 Å². The van der Waals surface area contributed by atoms with Gasteiger partial charge in [0.05, 0.1) is 11.2 Å². The number of rotatable bonds is 3. The Morgan fingerprint density at radius 2 is 1.70 bits per heavy atom. The molecule has 3 aromatic rings. The fraction of sp³-hybridized carbons (Fsp3) is 0. The third-order valence-corrected chi connectivity index (χ3v) is 3.32. The van der Waals surface area contributed by atoms with Crippen molar-refractivity contribution in [2.75, 3.05) is 5.43 Å². The lowest BCUT2D eigenvalue weighted by atomic mass is 10.1. The summed E-state index contributed by atoms with van der Waals surface area (Å²) < 4.78 is 0. The second-order valence-corrected chi connectivity index (χ2v) is 4.79. The zero-order chi connectivity index (χ0) is 16.1. The lowest BCUT2D eigenvalue weighted by molar-refractivity contribution is 1.34. The number of anilines is 1. The molecule has 0 aliphatic heterocycles. The number of nitriles is 2. The van der Waals surface area contributed by atoms with Crippen molar-refractivity contribution in [3.05, 3.63) is 60.8 Å². The summed E-state index contributed by atoms with van der Waals surface area (Å²) in [6.45, 7) is 0. The van der Waals surface area contributed by atoms with Gasteiger partial charge < -0.3 is 0 Å². The molecule has 0 aliphatic carbocycles. The van der Waals surface area contributed by atoms with Crippen LogP contribution in [0.1, 0.15) is 0 Å². The Labute approximate surface area is 133 Å². The molecule has 0 spiro atoms. The fourth-order valence-corrected chi connectivity index (χ4v) is 2.16. The van der Waals surface area contributed by atoms with Crippen molar-refractivity contribution in [2.45, 2.75) is 0 Å². The first-order valence-electron chi connectivity index (χ1n) is 6.89. The highest BCUT2D eigenvalue weighted by Gasteiger charge is 2.01. The van der Waals surface area contributed by atoms with E-state index >= 15 is 0 Å². The van der Waals surface area contributed by atoms with Crippen LogP contribution in [0, 0.1) is 22.7 Å². The molecule has 1 N–H and O–H groups in total. The molecule has 0 atom stereocenters. The number of hydrogen-bond donors (Lipinski definition) is 1. The maximum Gasteiger partial charge on any atom is 0.237 e. The minimum atomic E-state index is -0.215. The number of nitrogens with one attached hydrogen (secondary N) is 1. The standard InChI is InChI=1S/C18H11N5/c19-10-17(11-20)23-22-16-7-5-13(6-8-16)15-9-14-3-1-2-4-18(14)21-12-15/h1-9,12,22H. The van der Waals surface area contributed by atoms with Gasteiger partial charge in [0.15, 0.2) is 0 Å². The summed E-state index contributed by atoms with van der Waals surface area (Å²) in [4.78, 5) is 4.45. The number of pyridine rings is 1. The lowest BCUT2D eigenvalue weighted by Crippen LogP contribution is -1.96. The van der Waals surface area contributed by atoms with Gasteiger partial charge in [-0.25, -0.2) is 0 Å². The molecule has 0 saturated carbocycles. The zero-order valence-corrected chi connectivity index (χ0v) is 12.1. The van der Waals surface area contributed by atoms with Crippen LogP contribution in [0.4, 0.5) is 5.69 Å². The van der Waals surface area contributed by atoms with E-state index in [9.17, 15) is 0 Å². The molecular formula is C18H11N5. The molecule has 108 valence electrons. The predicted molar refractivity (Wildman–Crippen MR) is 89.5 cm³/mol. The van der Waals surface area contributed by atoms with Crippen LogP contribution < -0.4 is 5.43 Å². The first-order chi connectivity index (χ1) is 11.3. The van der Waals surface area contributed by atoms with Gasteiger partial charge in [-0.2, -0.15) is 15.6 Å². The molecule has 23 heavy (non-hydrogen) atoms. The van der Waals surface area contributed by atoms with Crippen LogP contribution >= 0.6 is 0 Å². The summed E-state index contributed by atoms with van der Waals surface area (Å²) in [5, 5.41) is 22.1. The third-order valence-electron chi connectivity index (χ3n) is 3.32. The molecule has 0 bridgehead atoms. The Bertz CT molecular complexity index is 943. The number of aromatic nitrogens is 1. The summed E-state index contributed by atoms with van der Waals surface area (Å²) in [7, 11) is 0. The van der Waals surface area contributed by atoms with Gasteiger partial charge in [-0.3, -0.25) is 10.4 Å². The van der Waals surface area contributed by atoms with E-state index in [0.717, 1.165) is 22.0 Å². The summed E-state index contributed by atoms with van der Waals surface area (Å²) in [5.74, 6) is 0. The van der Waals surface area contributed by atoms with Gasteiger partial charge in [0.1, 0.15) is 12.1 Å².